The minimum atomic E-state index is -3.64. The van der Waals surface area contributed by atoms with E-state index in [1.807, 2.05) is 11.0 Å². The van der Waals surface area contributed by atoms with E-state index in [9.17, 15) is 8.42 Å². The highest BCUT2D eigenvalue weighted by molar-refractivity contribution is 7.90. The molecule has 8 nitrogen and oxygen atoms in total. The number of aryl methyl sites for hydroxylation is 1. The van der Waals surface area contributed by atoms with Crippen LogP contribution in [-0.4, -0.2) is 48.9 Å². The van der Waals surface area contributed by atoms with Crippen molar-refractivity contribution in [3.8, 4) is 6.07 Å². The zero-order valence-electron chi connectivity index (χ0n) is 13.8. The highest BCUT2D eigenvalue weighted by Gasteiger charge is 2.27. The predicted molar refractivity (Wildman–Crippen MR) is 94.3 cm³/mol. The van der Waals surface area contributed by atoms with Crippen LogP contribution in [0.25, 0.3) is 0 Å². The largest absolute Gasteiger partial charge is 0.354 e. The van der Waals surface area contributed by atoms with Gasteiger partial charge in [0.1, 0.15) is 17.7 Å². The molecule has 0 saturated carbocycles. The molecular weight excluding hydrogens is 340 g/mol. The molecule has 0 amide bonds. The summed E-state index contributed by atoms with van der Waals surface area (Å²) in [5.74, 6) is 1.06. The van der Waals surface area contributed by atoms with E-state index in [0.717, 1.165) is 11.5 Å². The van der Waals surface area contributed by atoms with Crippen LogP contribution < -0.4 is 9.62 Å². The summed E-state index contributed by atoms with van der Waals surface area (Å²) in [6, 6.07) is 10.7. The third-order valence-corrected chi connectivity index (χ3v) is 5.41. The van der Waals surface area contributed by atoms with Crippen LogP contribution in [0.2, 0.25) is 0 Å². The average Bonchev–Trinajstić information content (AvgIpc) is 2.61. The zero-order chi connectivity index (χ0) is 17.9. The molecule has 2 aromatic heterocycles. The molecule has 0 atom stereocenters. The molecule has 1 aliphatic rings. The Morgan fingerprint density at radius 3 is 2.52 bits per heavy atom. The van der Waals surface area contributed by atoms with Crippen molar-refractivity contribution < 1.29 is 8.42 Å². The molecule has 0 aliphatic carbocycles. The Hall–Kier alpha value is -2.70. The van der Waals surface area contributed by atoms with Gasteiger partial charge in [-0.2, -0.15) is 18.0 Å². The Bertz CT molecular complexity index is 884. The maximum Gasteiger partial charge on any atom is 0.302 e. The smallest absolute Gasteiger partial charge is 0.302 e. The SMILES string of the molecule is Cc1cccc(NS(=O)(=O)N2CCN(c3ccc(C#N)cn3)CC2)n1. The van der Waals surface area contributed by atoms with Gasteiger partial charge in [-0.05, 0) is 31.2 Å². The molecule has 0 radical (unpaired) electrons. The third-order valence-electron chi connectivity index (χ3n) is 3.90. The minimum Gasteiger partial charge on any atom is -0.354 e. The van der Waals surface area contributed by atoms with Crippen LogP contribution in [0.3, 0.4) is 0 Å². The summed E-state index contributed by atoms with van der Waals surface area (Å²) in [7, 11) is -3.64. The Kier molecular flexibility index (Phi) is 4.83. The van der Waals surface area contributed by atoms with E-state index in [1.54, 1.807) is 37.3 Å². The fourth-order valence-corrected chi connectivity index (χ4v) is 3.74. The molecule has 0 unspecified atom stereocenters. The summed E-state index contributed by atoms with van der Waals surface area (Å²) in [6.45, 7) is 3.56. The first-order valence-corrected chi connectivity index (χ1v) is 9.24. The Balaban J connectivity index is 1.63. The fraction of sp³-hybridized carbons (Fsp3) is 0.312. The molecule has 0 aromatic carbocycles. The van der Waals surface area contributed by atoms with Crippen LogP contribution in [0.4, 0.5) is 11.6 Å². The number of rotatable bonds is 4. The van der Waals surface area contributed by atoms with Gasteiger partial charge >= 0.3 is 10.2 Å². The molecule has 3 heterocycles. The lowest BCUT2D eigenvalue weighted by atomic mass is 10.3. The molecule has 9 heteroatoms. The molecule has 2 aromatic rings. The normalized spacial score (nSPS) is 15.6. The average molecular weight is 358 g/mol. The van der Waals surface area contributed by atoms with E-state index < -0.39 is 10.2 Å². The van der Waals surface area contributed by atoms with Gasteiger partial charge in [-0.3, -0.25) is 4.72 Å². The summed E-state index contributed by atoms with van der Waals surface area (Å²) in [5, 5.41) is 8.81. The van der Waals surface area contributed by atoms with Crippen LogP contribution in [0.5, 0.6) is 0 Å². The number of nitrogens with zero attached hydrogens (tertiary/aromatic N) is 5. The van der Waals surface area contributed by atoms with Gasteiger partial charge in [-0.15, -0.1) is 0 Å². The van der Waals surface area contributed by atoms with Crippen molar-refractivity contribution in [3.05, 3.63) is 47.8 Å². The monoisotopic (exact) mass is 358 g/mol. The number of piperazine rings is 1. The number of nitrogens with one attached hydrogen (secondary N) is 1. The van der Waals surface area contributed by atoms with E-state index in [-0.39, 0.29) is 0 Å². The van der Waals surface area contributed by atoms with Gasteiger partial charge in [-0.25, -0.2) is 9.97 Å². The van der Waals surface area contributed by atoms with Crippen LogP contribution in [-0.2, 0) is 10.2 Å². The summed E-state index contributed by atoms with van der Waals surface area (Å²) >= 11 is 0. The number of aromatic nitrogens is 2. The van der Waals surface area contributed by atoms with Crippen molar-refractivity contribution in [1.82, 2.24) is 14.3 Å². The lowest BCUT2D eigenvalue weighted by molar-refractivity contribution is 0.386. The predicted octanol–water partition coefficient (Wildman–Crippen LogP) is 1.14. The van der Waals surface area contributed by atoms with E-state index in [4.69, 9.17) is 5.26 Å². The van der Waals surface area contributed by atoms with E-state index in [0.29, 0.717) is 37.6 Å². The Morgan fingerprint density at radius 2 is 1.92 bits per heavy atom. The van der Waals surface area contributed by atoms with Crippen molar-refractivity contribution in [2.75, 3.05) is 35.8 Å². The second-order valence-electron chi connectivity index (χ2n) is 5.67. The number of hydrogen-bond donors (Lipinski definition) is 1. The molecule has 130 valence electrons. The van der Waals surface area contributed by atoms with Crippen LogP contribution in [0.15, 0.2) is 36.5 Å². The fourth-order valence-electron chi connectivity index (χ4n) is 2.59. The number of nitriles is 1. The second kappa shape index (κ2) is 7.04. The maximum absolute atomic E-state index is 12.5. The lowest BCUT2D eigenvalue weighted by Crippen LogP contribution is -2.50. The summed E-state index contributed by atoms with van der Waals surface area (Å²) < 4.78 is 28.9. The van der Waals surface area contributed by atoms with Gasteiger partial charge in [0, 0.05) is 38.1 Å². The van der Waals surface area contributed by atoms with Crippen molar-refractivity contribution in [1.29, 1.82) is 5.26 Å². The standard InChI is InChI=1S/C16H18N6O2S/c1-13-3-2-4-15(19-13)20-25(23,24)22-9-7-21(8-10-22)16-6-5-14(11-17)12-18-16/h2-6,12H,7-10H2,1H3,(H,19,20). The minimum absolute atomic E-state index is 0.316. The van der Waals surface area contributed by atoms with Gasteiger partial charge in [0.05, 0.1) is 5.56 Å². The summed E-state index contributed by atoms with van der Waals surface area (Å²) in [4.78, 5) is 10.4. The summed E-state index contributed by atoms with van der Waals surface area (Å²) in [5.41, 5.74) is 1.25. The quantitative estimate of drug-likeness (QED) is 0.879. The maximum atomic E-state index is 12.5. The van der Waals surface area contributed by atoms with Gasteiger partial charge in [-0.1, -0.05) is 6.07 Å². The molecule has 1 saturated heterocycles. The highest BCUT2D eigenvalue weighted by Crippen LogP contribution is 2.17. The van der Waals surface area contributed by atoms with Crippen molar-refractivity contribution >= 4 is 21.8 Å². The van der Waals surface area contributed by atoms with Crippen molar-refractivity contribution in [2.24, 2.45) is 0 Å². The first kappa shape index (κ1) is 17.1. The van der Waals surface area contributed by atoms with E-state index in [2.05, 4.69) is 14.7 Å². The molecule has 1 N–H and O–H groups in total. The second-order valence-corrected chi connectivity index (χ2v) is 7.34. The molecule has 1 fully saturated rings. The molecule has 1 aliphatic heterocycles. The van der Waals surface area contributed by atoms with Gasteiger partial charge < -0.3 is 4.90 Å². The van der Waals surface area contributed by atoms with Gasteiger partial charge in [0.25, 0.3) is 0 Å². The molecular formula is C16H18N6O2S. The van der Waals surface area contributed by atoms with E-state index >= 15 is 0 Å². The Morgan fingerprint density at radius 1 is 1.16 bits per heavy atom. The van der Waals surface area contributed by atoms with Crippen molar-refractivity contribution in [2.45, 2.75) is 6.92 Å². The third kappa shape index (κ3) is 4.04. The van der Waals surface area contributed by atoms with Gasteiger partial charge in [0.15, 0.2) is 0 Å². The molecule has 25 heavy (non-hydrogen) atoms. The number of hydrogen-bond acceptors (Lipinski definition) is 6. The Labute approximate surface area is 146 Å². The van der Waals surface area contributed by atoms with Gasteiger partial charge in [0.2, 0.25) is 0 Å². The van der Waals surface area contributed by atoms with Crippen LogP contribution >= 0.6 is 0 Å². The highest BCUT2D eigenvalue weighted by atomic mass is 32.2. The zero-order valence-corrected chi connectivity index (χ0v) is 14.6. The first-order valence-electron chi connectivity index (χ1n) is 7.80. The number of pyridine rings is 2. The number of anilines is 2. The first-order chi connectivity index (χ1) is 12.0. The van der Waals surface area contributed by atoms with Crippen LogP contribution in [0, 0.1) is 18.3 Å². The van der Waals surface area contributed by atoms with E-state index in [1.165, 1.54) is 10.5 Å². The lowest BCUT2D eigenvalue weighted by Gasteiger charge is -2.34. The topological polar surface area (TPSA) is 102 Å². The van der Waals surface area contributed by atoms with Crippen molar-refractivity contribution in [3.63, 3.8) is 0 Å². The molecule has 3 rings (SSSR count). The molecule has 0 bridgehead atoms. The molecule has 0 spiro atoms. The summed E-state index contributed by atoms with van der Waals surface area (Å²) in [6.07, 6.45) is 1.52. The van der Waals surface area contributed by atoms with Crippen LogP contribution in [0.1, 0.15) is 11.3 Å².